The number of rotatable bonds is 3. The van der Waals surface area contributed by atoms with E-state index in [9.17, 15) is 0 Å². The first kappa shape index (κ1) is 8.57. The average molecular weight is 177 g/mol. The Hall–Kier alpha value is -1.02. The minimum atomic E-state index is 0.272. The summed E-state index contributed by atoms with van der Waals surface area (Å²) in [5, 5.41) is 0. The maximum Gasteiger partial charge on any atom is 0.119 e. The fourth-order valence-corrected chi connectivity index (χ4v) is 1.71. The molecule has 70 valence electrons. The summed E-state index contributed by atoms with van der Waals surface area (Å²) in [5.41, 5.74) is 7.35. The summed E-state index contributed by atoms with van der Waals surface area (Å²) in [4.78, 5) is 0. The summed E-state index contributed by atoms with van der Waals surface area (Å²) >= 11 is 0. The van der Waals surface area contributed by atoms with E-state index in [-0.39, 0.29) is 5.41 Å². The molecule has 0 unspecified atom stereocenters. The smallest absolute Gasteiger partial charge is 0.119 e. The summed E-state index contributed by atoms with van der Waals surface area (Å²) in [7, 11) is 1.70. The van der Waals surface area contributed by atoms with E-state index in [0.717, 1.165) is 12.3 Å². The van der Waals surface area contributed by atoms with Gasteiger partial charge in [0, 0.05) is 12.0 Å². The van der Waals surface area contributed by atoms with Crippen LogP contribution in [0.15, 0.2) is 24.3 Å². The molecule has 2 rings (SSSR count). The molecule has 2 N–H and O–H groups in total. The third-order valence-electron chi connectivity index (χ3n) is 2.93. The number of ether oxygens (including phenoxy) is 1. The van der Waals surface area contributed by atoms with Gasteiger partial charge in [-0.3, -0.25) is 0 Å². The second-order valence-electron chi connectivity index (χ2n) is 3.72. The number of benzene rings is 1. The Bertz CT molecular complexity index is 305. The topological polar surface area (TPSA) is 35.2 Å². The molecule has 0 bridgehead atoms. The molecule has 0 saturated heterocycles. The van der Waals surface area contributed by atoms with Crippen LogP contribution in [-0.4, -0.2) is 13.7 Å². The highest BCUT2D eigenvalue weighted by atomic mass is 16.5. The van der Waals surface area contributed by atoms with Crippen LogP contribution in [-0.2, 0) is 5.41 Å². The Morgan fingerprint density at radius 1 is 1.46 bits per heavy atom. The van der Waals surface area contributed by atoms with Crippen molar-refractivity contribution in [1.29, 1.82) is 0 Å². The number of hydrogen-bond acceptors (Lipinski definition) is 2. The van der Waals surface area contributed by atoms with E-state index in [1.165, 1.54) is 18.4 Å². The molecule has 0 atom stereocenters. The summed E-state index contributed by atoms with van der Waals surface area (Å²) in [6, 6.07) is 8.24. The van der Waals surface area contributed by atoms with Crippen LogP contribution in [0.1, 0.15) is 18.4 Å². The summed E-state index contributed by atoms with van der Waals surface area (Å²) in [6.45, 7) is 0.750. The second kappa shape index (κ2) is 3.04. The highest BCUT2D eigenvalue weighted by molar-refractivity contribution is 5.37. The van der Waals surface area contributed by atoms with E-state index >= 15 is 0 Å². The van der Waals surface area contributed by atoms with Crippen molar-refractivity contribution >= 4 is 0 Å². The van der Waals surface area contributed by atoms with Gasteiger partial charge in [-0.2, -0.15) is 0 Å². The van der Waals surface area contributed by atoms with Gasteiger partial charge in [-0.05, 0) is 30.5 Å². The zero-order valence-electron chi connectivity index (χ0n) is 7.92. The zero-order chi connectivity index (χ0) is 9.31. The predicted molar refractivity (Wildman–Crippen MR) is 53.0 cm³/mol. The van der Waals surface area contributed by atoms with Gasteiger partial charge in [0.1, 0.15) is 5.75 Å². The highest BCUT2D eigenvalue weighted by Gasteiger charge is 2.42. The monoisotopic (exact) mass is 177 g/mol. The molecule has 1 aromatic carbocycles. The first-order chi connectivity index (χ1) is 6.30. The molecule has 1 aromatic rings. The van der Waals surface area contributed by atoms with Gasteiger partial charge in [0.05, 0.1) is 7.11 Å². The number of methoxy groups -OCH3 is 1. The van der Waals surface area contributed by atoms with E-state index in [4.69, 9.17) is 10.5 Å². The fourth-order valence-electron chi connectivity index (χ4n) is 1.71. The largest absolute Gasteiger partial charge is 0.497 e. The van der Waals surface area contributed by atoms with Crippen molar-refractivity contribution in [1.82, 2.24) is 0 Å². The highest BCUT2D eigenvalue weighted by Crippen LogP contribution is 2.47. The van der Waals surface area contributed by atoms with Crippen LogP contribution in [0.3, 0.4) is 0 Å². The van der Waals surface area contributed by atoms with Gasteiger partial charge in [-0.15, -0.1) is 0 Å². The average Bonchev–Trinajstić information content (AvgIpc) is 2.99. The van der Waals surface area contributed by atoms with Crippen molar-refractivity contribution in [3.8, 4) is 5.75 Å². The first-order valence-electron chi connectivity index (χ1n) is 4.65. The van der Waals surface area contributed by atoms with Gasteiger partial charge in [0.2, 0.25) is 0 Å². The van der Waals surface area contributed by atoms with Crippen LogP contribution in [0.25, 0.3) is 0 Å². The normalized spacial score (nSPS) is 18.3. The van der Waals surface area contributed by atoms with Crippen molar-refractivity contribution in [3.63, 3.8) is 0 Å². The van der Waals surface area contributed by atoms with Crippen molar-refractivity contribution in [2.24, 2.45) is 5.73 Å². The van der Waals surface area contributed by atoms with Crippen molar-refractivity contribution in [2.45, 2.75) is 18.3 Å². The Balaban J connectivity index is 2.30. The minimum Gasteiger partial charge on any atom is -0.497 e. The Morgan fingerprint density at radius 3 is 2.77 bits per heavy atom. The molecule has 1 fully saturated rings. The molecule has 0 amide bonds. The van der Waals surface area contributed by atoms with Crippen LogP contribution < -0.4 is 10.5 Å². The molecule has 13 heavy (non-hydrogen) atoms. The Morgan fingerprint density at radius 2 is 2.23 bits per heavy atom. The minimum absolute atomic E-state index is 0.272. The summed E-state index contributed by atoms with van der Waals surface area (Å²) in [6.07, 6.45) is 2.44. The predicted octanol–water partition coefficient (Wildman–Crippen LogP) is 1.69. The van der Waals surface area contributed by atoms with Gasteiger partial charge in [-0.1, -0.05) is 12.1 Å². The lowest BCUT2D eigenvalue weighted by molar-refractivity contribution is 0.413. The maximum atomic E-state index is 5.75. The SMILES string of the molecule is COc1cccc(C2(CN)CC2)c1. The standard InChI is InChI=1S/C11H15NO/c1-13-10-4-2-3-9(7-10)11(8-12)5-6-11/h2-4,7H,5-6,8,12H2,1H3. The molecule has 2 heteroatoms. The van der Waals surface area contributed by atoms with Crippen LogP contribution in [0, 0.1) is 0 Å². The number of nitrogens with two attached hydrogens (primary N) is 1. The van der Waals surface area contributed by atoms with Gasteiger partial charge >= 0.3 is 0 Å². The third-order valence-corrected chi connectivity index (χ3v) is 2.93. The van der Waals surface area contributed by atoms with Gasteiger partial charge in [0.25, 0.3) is 0 Å². The van der Waals surface area contributed by atoms with Crippen molar-refractivity contribution in [2.75, 3.05) is 13.7 Å². The lowest BCUT2D eigenvalue weighted by Gasteiger charge is -2.13. The zero-order valence-corrected chi connectivity index (χ0v) is 7.92. The Labute approximate surface area is 78.7 Å². The van der Waals surface area contributed by atoms with Gasteiger partial charge in [0.15, 0.2) is 0 Å². The second-order valence-corrected chi connectivity index (χ2v) is 3.72. The molecular formula is C11H15NO. The van der Waals surface area contributed by atoms with E-state index < -0.39 is 0 Å². The lowest BCUT2D eigenvalue weighted by Crippen LogP contribution is -2.19. The molecule has 1 aliphatic carbocycles. The molecule has 0 radical (unpaired) electrons. The van der Waals surface area contributed by atoms with Crippen LogP contribution in [0.5, 0.6) is 5.75 Å². The molecule has 0 spiro atoms. The van der Waals surface area contributed by atoms with E-state index in [2.05, 4.69) is 12.1 Å². The molecule has 1 aliphatic rings. The molecule has 0 aliphatic heterocycles. The summed E-state index contributed by atoms with van der Waals surface area (Å²) in [5.74, 6) is 0.928. The van der Waals surface area contributed by atoms with Crippen LogP contribution in [0.2, 0.25) is 0 Å². The van der Waals surface area contributed by atoms with E-state index in [0.29, 0.717) is 0 Å². The van der Waals surface area contributed by atoms with Crippen molar-refractivity contribution < 1.29 is 4.74 Å². The van der Waals surface area contributed by atoms with Gasteiger partial charge in [-0.25, -0.2) is 0 Å². The van der Waals surface area contributed by atoms with Gasteiger partial charge < -0.3 is 10.5 Å². The number of hydrogen-bond donors (Lipinski definition) is 1. The van der Waals surface area contributed by atoms with Crippen LogP contribution >= 0.6 is 0 Å². The molecule has 0 aromatic heterocycles. The molecule has 0 heterocycles. The molecular weight excluding hydrogens is 162 g/mol. The first-order valence-corrected chi connectivity index (χ1v) is 4.65. The van der Waals surface area contributed by atoms with E-state index in [1.807, 2.05) is 12.1 Å². The maximum absolute atomic E-state index is 5.75. The lowest BCUT2D eigenvalue weighted by atomic mass is 9.96. The molecule has 1 saturated carbocycles. The Kier molecular flexibility index (Phi) is 2.00. The summed E-state index contributed by atoms with van der Waals surface area (Å²) < 4.78 is 5.18. The van der Waals surface area contributed by atoms with Crippen LogP contribution in [0.4, 0.5) is 0 Å². The quantitative estimate of drug-likeness (QED) is 0.762. The third kappa shape index (κ3) is 1.42. The molecule has 2 nitrogen and oxygen atoms in total. The van der Waals surface area contributed by atoms with E-state index in [1.54, 1.807) is 7.11 Å². The fraction of sp³-hybridized carbons (Fsp3) is 0.455. The van der Waals surface area contributed by atoms with Crippen molar-refractivity contribution in [3.05, 3.63) is 29.8 Å².